The van der Waals surface area contributed by atoms with Crippen molar-refractivity contribution < 1.29 is 4.39 Å². The van der Waals surface area contributed by atoms with E-state index in [4.69, 9.17) is 0 Å². The number of rotatable bonds is 7. The highest BCUT2D eigenvalue weighted by Crippen LogP contribution is 2.07. The van der Waals surface area contributed by atoms with Crippen LogP contribution in [-0.2, 0) is 6.54 Å². The van der Waals surface area contributed by atoms with Gasteiger partial charge in [-0.25, -0.2) is 4.39 Å². The van der Waals surface area contributed by atoms with Crippen LogP contribution in [0.15, 0.2) is 24.3 Å². The first-order chi connectivity index (χ1) is 7.72. The van der Waals surface area contributed by atoms with E-state index in [1.807, 2.05) is 6.07 Å². The fourth-order valence-corrected chi connectivity index (χ4v) is 1.92. The van der Waals surface area contributed by atoms with E-state index in [2.05, 4.69) is 24.6 Å². The molecule has 0 aliphatic carbocycles. The summed E-state index contributed by atoms with van der Waals surface area (Å²) in [5.74, 6) is 0.814. The molecule has 1 nitrogen and oxygen atoms in total. The number of halogens is 1. The first-order valence-corrected chi connectivity index (χ1v) is 6.39. The van der Waals surface area contributed by atoms with Crippen LogP contribution in [0.25, 0.3) is 0 Å². The Hall–Kier alpha value is -0.540. The topological polar surface area (TPSA) is 3.24 Å². The molecule has 1 aromatic carbocycles. The standard InChI is InChI=1S/C13H20FNS/c1-15(8-3-2-4-9-16)11-12-6-5-7-13(14)10-12/h5-7,10,16H,2-4,8-9,11H2,1H3. The molecule has 0 aliphatic heterocycles. The molecule has 0 radical (unpaired) electrons. The Bertz CT molecular complexity index is 304. The van der Waals surface area contributed by atoms with Crippen molar-refractivity contribution in [3.63, 3.8) is 0 Å². The molecule has 0 fully saturated rings. The zero-order valence-corrected chi connectivity index (χ0v) is 10.7. The Kier molecular flexibility index (Phi) is 6.50. The maximum Gasteiger partial charge on any atom is 0.123 e. The molecule has 0 saturated heterocycles. The van der Waals surface area contributed by atoms with Gasteiger partial charge < -0.3 is 4.90 Å². The van der Waals surface area contributed by atoms with Gasteiger partial charge in [0, 0.05) is 6.54 Å². The third-order valence-electron chi connectivity index (χ3n) is 2.54. The van der Waals surface area contributed by atoms with Gasteiger partial charge in [0.15, 0.2) is 0 Å². The van der Waals surface area contributed by atoms with E-state index < -0.39 is 0 Å². The number of thiol groups is 1. The predicted molar refractivity (Wildman–Crippen MR) is 70.4 cm³/mol. The molecule has 0 unspecified atom stereocenters. The monoisotopic (exact) mass is 241 g/mol. The summed E-state index contributed by atoms with van der Waals surface area (Å²) < 4.78 is 12.9. The number of nitrogens with zero attached hydrogens (tertiary/aromatic N) is 1. The van der Waals surface area contributed by atoms with Crippen LogP contribution in [0.1, 0.15) is 24.8 Å². The number of hydrogen-bond acceptors (Lipinski definition) is 2. The minimum Gasteiger partial charge on any atom is -0.302 e. The Morgan fingerprint density at radius 3 is 2.75 bits per heavy atom. The zero-order chi connectivity index (χ0) is 11.8. The van der Waals surface area contributed by atoms with Gasteiger partial charge in [-0.1, -0.05) is 18.6 Å². The van der Waals surface area contributed by atoms with Crippen LogP contribution < -0.4 is 0 Å². The quantitative estimate of drug-likeness (QED) is 0.566. The van der Waals surface area contributed by atoms with E-state index >= 15 is 0 Å². The Morgan fingerprint density at radius 1 is 1.25 bits per heavy atom. The molecule has 0 aromatic heterocycles. The van der Waals surface area contributed by atoms with Gasteiger partial charge in [0.05, 0.1) is 0 Å². The van der Waals surface area contributed by atoms with Gasteiger partial charge in [-0.05, 0) is 49.9 Å². The van der Waals surface area contributed by atoms with Gasteiger partial charge in [0.1, 0.15) is 5.82 Å². The van der Waals surface area contributed by atoms with Crippen molar-refractivity contribution in [2.45, 2.75) is 25.8 Å². The molecule has 0 aliphatic rings. The second-order valence-corrected chi connectivity index (χ2v) is 4.60. The lowest BCUT2D eigenvalue weighted by atomic mass is 10.2. The van der Waals surface area contributed by atoms with Crippen molar-refractivity contribution in [3.8, 4) is 0 Å². The Balaban J connectivity index is 2.25. The second-order valence-electron chi connectivity index (χ2n) is 4.15. The summed E-state index contributed by atoms with van der Waals surface area (Å²) in [5.41, 5.74) is 1.04. The highest BCUT2D eigenvalue weighted by atomic mass is 32.1. The van der Waals surface area contributed by atoms with E-state index in [9.17, 15) is 4.39 Å². The van der Waals surface area contributed by atoms with Crippen LogP contribution in [0.5, 0.6) is 0 Å². The maximum absolute atomic E-state index is 12.9. The molecule has 0 bridgehead atoms. The smallest absolute Gasteiger partial charge is 0.123 e. The van der Waals surface area contributed by atoms with Crippen LogP contribution in [0.2, 0.25) is 0 Å². The fraction of sp³-hybridized carbons (Fsp3) is 0.538. The minimum atomic E-state index is -0.152. The summed E-state index contributed by atoms with van der Waals surface area (Å²) >= 11 is 4.18. The van der Waals surface area contributed by atoms with E-state index in [1.165, 1.54) is 25.3 Å². The van der Waals surface area contributed by atoms with Gasteiger partial charge >= 0.3 is 0 Å². The van der Waals surface area contributed by atoms with Crippen LogP contribution >= 0.6 is 12.6 Å². The zero-order valence-electron chi connectivity index (χ0n) is 9.82. The lowest BCUT2D eigenvalue weighted by molar-refractivity contribution is 0.318. The molecule has 0 atom stereocenters. The summed E-state index contributed by atoms with van der Waals surface area (Å²) in [7, 11) is 2.08. The van der Waals surface area contributed by atoms with Gasteiger partial charge in [-0.15, -0.1) is 0 Å². The summed E-state index contributed by atoms with van der Waals surface area (Å²) in [6, 6.07) is 6.81. The highest BCUT2D eigenvalue weighted by Gasteiger charge is 2.01. The average Bonchev–Trinajstić information content (AvgIpc) is 2.24. The molecule has 0 saturated carbocycles. The summed E-state index contributed by atoms with van der Waals surface area (Å²) in [5, 5.41) is 0. The number of unbranched alkanes of at least 4 members (excludes halogenated alkanes) is 2. The van der Waals surface area contributed by atoms with Crippen LogP contribution in [0, 0.1) is 5.82 Å². The van der Waals surface area contributed by atoms with E-state index in [1.54, 1.807) is 12.1 Å². The first kappa shape index (κ1) is 13.5. The molecular formula is C13H20FNS. The van der Waals surface area contributed by atoms with Crippen LogP contribution in [0.3, 0.4) is 0 Å². The number of benzene rings is 1. The molecule has 0 N–H and O–H groups in total. The molecular weight excluding hydrogens is 221 g/mol. The molecule has 16 heavy (non-hydrogen) atoms. The summed E-state index contributed by atoms with van der Waals surface area (Å²) in [6.07, 6.45) is 3.58. The average molecular weight is 241 g/mol. The lowest BCUT2D eigenvalue weighted by Gasteiger charge is -2.16. The van der Waals surface area contributed by atoms with Crippen molar-refractivity contribution in [1.82, 2.24) is 4.90 Å². The lowest BCUT2D eigenvalue weighted by Crippen LogP contribution is -2.19. The summed E-state index contributed by atoms with van der Waals surface area (Å²) in [6.45, 7) is 1.88. The van der Waals surface area contributed by atoms with Crippen LogP contribution in [0.4, 0.5) is 4.39 Å². The van der Waals surface area contributed by atoms with Crippen LogP contribution in [-0.4, -0.2) is 24.2 Å². The van der Waals surface area contributed by atoms with Crippen molar-refractivity contribution in [1.29, 1.82) is 0 Å². The molecule has 0 heterocycles. The minimum absolute atomic E-state index is 0.152. The largest absolute Gasteiger partial charge is 0.302 e. The Labute approximate surface area is 103 Å². The third-order valence-corrected chi connectivity index (χ3v) is 2.86. The van der Waals surface area contributed by atoms with E-state index in [-0.39, 0.29) is 5.82 Å². The van der Waals surface area contributed by atoms with Crippen molar-refractivity contribution >= 4 is 12.6 Å². The van der Waals surface area contributed by atoms with E-state index in [0.717, 1.165) is 24.4 Å². The SMILES string of the molecule is CN(CCCCCS)Cc1cccc(F)c1. The van der Waals surface area contributed by atoms with Gasteiger partial charge in [0.2, 0.25) is 0 Å². The molecule has 1 aromatic rings. The molecule has 0 spiro atoms. The second kappa shape index (κ2) is 7.69. The fourth-order valence-electron chi connectivity index (χ4n) is 1.70. The maximum atomic E-state index is 12.9. The van der Waals surface area contributed by atoms with Gasteiger partial charge in [-0.3, -0.25) is 0 Å². The molecule has 0 amide bonds. The highest BCUT2D eigenvalue weighted by molar-refractivity contribution is 7.80. The molecule has 3 heteroatoms. The van der Waals surface area contributed by atoms with E-state index in [0.29, 0.717) is 0 Å². The van der Waals surface area contributed by atoms with Gasteiger partial charge in [0.25, 0.3) is 0 Å². The van der Waals surface area contributed by atoms with Gasteiger partial charge in [-0.2, -0.15) is 12.6 Å². The first-order valence-electron chi connectivity index (χ1n) is 5.76. The number of hydrogen-bond donors (Lipinski definition) is 1. The molecule has 1 rings (SSSR count). The Morgan fingerprint density at radius 2 is 2.06 bits per heavy atom. The van der Waals surface area contributed by atoms with Crippen molar-refractivity contribution in [2.75, 3.05) is 19.3 Å². The van der Waals surface area contributed by atoms with Crippen molar-refractivity contribution in [3.05, 3.63) is 35.6 Å². The molecule has 90 valence electrons. The van der Waals surface area contributed by atoms with Crippen molar-refractivity contribution in [2.24, 2.45) is 0 Å². The summed E-state index contributed by atoms with van der Waals surface area (Å²) in [4.78, 5) is 2.23. The predicted octanol–water partition coefficient (Wildman–Crippen LogP) is 3.36. The third kappa shape index (κ3) is 5.52. The normalized spacial score (nSPS) is 11.0.